The van der Waals surface area contributed by atoms with Gasteiger partial charge in [0.15, 0.2) is 5.78 Å². The van der Waals surface area contributed by atoms with Crippen LogP contribution in [0, 0.1) is 6.92 Å². The van der Waals surface area contributed by atoms with Gasteiger partial charge in [-0.1, -0.05) is 29.8 Å². The van der Waals surface area contributed by atoms with Crippen LogP contribution < -0.4 is 0 Å². The van der Waals surface area contributed by atoms with E-state index < -0.39 is 5.60 Å². The van der Waals surface area contributed by atoms with E-state index in [1.54, 1.807) is 30.9 Å². The third kappa shape index (κ3) is 3.95. The molecule has 1 heterocycles. The van der Waals surface area contributed by atoms with Crippen molar-refractivity contribution in [3.63, 3.8) is 0 Å². The number of ketones is 1. The maximum atomic E-state index is 12.4. The Morgan fingerprint density at radius 1 is 1.23 bits per heavy atom. The van der Waals surface area contributed by atoms with Gasteiger partial charge in [0.25, 0.3) is 0 Å². The summed E-state index contributed by atoms with van der Waals surface area (Å²) in [6.45, 7) is 6.12. The van der Waals surface area contributed by atoms with Crippen LogP contribution in [0.25, 0.3) is 0 Å². The molecule has 0 saturated carbocycles. The van der Waals surface area contributed by atoms with Crippen LogP contribution in [0.1, 0.15) is 55.5 Å². The first kappa shape index (κ1) is 16.7. The number of carbonyl (C=O) groups is 2. The molecule has 0 spiro atoms. The standard InChI is InChI=1S/C18H25NO3/c1-13-6-8-14(9-7-13)15(20)10-11-17(21)19-12-4-5-16(19)18(2,3)22/h6-9,16,22H,4-5,10-12H2,1-3H3. The summed E-state index contributed by atoms with van der Waals surface area (Å²) in [5, 5.41) is 10.2. The SMILES string of the molecule is Cc1ccc(C(=O)CCC(=O)N2CCCC2C(C)(C)O)cc1. The van der Waals surface area contributed by atoms with Gasteiger partial charge in [0.2, 0.25) is 5.91 Å². The third-order valence-corrected chi connectivity index (χ3v) is 4.33. The summed E-state index contributed by atoms with van der Waals surface area (Å²) < 4.78 is 0. The van der Waals surface area contributed by atoms with E-state index in [-0.39, 0.29) is 30.6 Å². The van der Waals surface area contributed by atoms with Crippen LogP contribution in [0.4, 0.5) is 0 Å². The first-order chi connectivity index (χ1) is 10.3. The minimum absolute atomic E-state index is 0.00708. The highest BCUT2D eigenvalue weighted by atomic mass is 16.3. The van der Waals surface area contributed by atoms with Crippen LogP contribution in [-0.2, 0) is 4.79 Å². The fraction of sp³-hybridized carbons (Fsp3) is 0.556. The summed E-state index contributed by atoms with van der Waals surface area (Å²) in [4.78, 5) is 26.2. The van der Waals surface area contributed by atoms with Crippen molar-refractivity contribution < 1.29 is 14.7 Å². The van der Waals surface area contributed by atoms with Gasteiger partial charge in [-0.15, -0.1) is 0 Å². The van der Waals surface area contributed by atoms with Gasteiger partial charge in [0.1, 0.15) is 0 Å². The van der Waals surface area contributed by atoms with Crippen molar-refractivity contribution >= 4 is 11.7 Å². The normalized spacial score (nSPS) is 18.5. The molecule has 1 fully saturated rings. The van der Waals surface area contributed by atoms with Crippen molar-refractivity contribution in [3.8, 4) is 0 Å². The zero-order valence-corrected chi connectivity index (χ0v) is 13.6. The molecule has 1 amide bonds. The number of benzene rings is 1. The van der Waals surface area contributed by atoms with E-state index in [1.165, 1.54) is 0 Å². The summed E-state index contributed by atoms with van der Waals surface area (Å²) in [5.41, 5.74) is 0.865. The molecule has 4 nitrogen and oxygen atoms in total. The van der Waals surface area contributed by atoms with Crippen molar-refractivity contribution in [2.75, 3.05) is 6.54 Å². The molecule has 1 unspecified atom stereocenters. The Bertz CT molecular complexity index is 542. The Morgan fingerprint density at radius 2 is 1.86 bits per heavy atom. The Morgan fingerprint density at radius 3 is 2.45 bits per heavy atom. The highest BCUT2D eigenvalue weighted by Crippen LogP contribution is 2.27. The predicted molar refractivity (Wildman–Crippen MR) is 85.8 cm³/mol. The second-order valence-corrected chi connectivity index (χ2v) is 6.69. The molecule has 2 rings (SSSR count). The number of nitrogens with zero attached hydrogens (tertiary/aromatic N) is 1. The number of aryl methyl sites for hydroxylation is 1. The Kier molecular flexibility index (Phi) is 5.01. The highest BCUT2D eigenvalue weighted by molar-refractivity contribution is 5.98. The van der Waals surface area contributed by atoms with Crippen molar-refractivity contribution in [1.82, 2.24) is 4.90 Å². The molecule has 1 saturated heterocycles. The second kappa shape index (κ2) is 6.61. The molecule has 1 aliphatic rings. The van der Waals surface area contributed by atoms with Gasteiger partial charge in [-0.25, -0.2) is 0 Å². The maximum Gasteiger partial charge on any atom is 0.223 e. The molecule has 0 bridgehead atoms. The van der Waals surface area contributed by atoms with Crippen LogP contribution in [0.15, 0.2) is 24.3 Å². The van der Waals surface area contributed by atoms with Gasteiger partial charge >= 0.3 is 0 Å². The van der Waals surface area contributed by atoms with Crippen molar-refractivity contribution in [3.05, 3.63) is 35.4 Å². The number of rotatable bonds is 5. The summed E-state index contributed by atoms with van der Waals surface area (Å²) >= 11 is 0. The zero-order chi connectivity index (χ0) is 16.3. The molecule has 0 aliphatic carbocycles. The largest absolute Gasteiger partial charge is 0.388 e. The van der Waals surface area contributed by atoms with Crippen molar-refractivity contribution in [2.45, 2.75) is 58.1 Å². The van der Waals surface area contributed by atoms with E-state index in [0.29, 0.717) is 12.1 Å². The molecule has 1 aliphatic heterocycles. The quantitative estimate of drug-likeness (QED) is 0.851. The summed E-state index contributed by atoms with van der Waals surface area (Å²) in [7, 11) is 0. The molecular weight excluding hydrogens is 278 g/mol. The van der Waals surface area contributed by atoms with Crippen LogP contribution in [0.5, 0.6) is 0 Å². The van der Waals surface area contributed by atoms with E-state index in [2.05, 4.69) is 0 Å². The van der Waals surface area contributed by atoms with E-state index in [9.17, 15) is 14.7 Å². The Labute approximate surface area is 132 Å². The molecule has 0 radical (unpaired) electrons. The smallest absolute Gasteiger partial charge is 0.223 e. The minimum atomic E-state index is -0.896. The topological polar surface area (TPSA) is 57.6 Å². The lowest BCUT2D eigenvalue weighted by atomic mass is 9.96. The lowest BCUT2D eigenvalue weighted by Gasteiger charge is -2.33. The van der Waals surface area contributed by atoms with E-state index in [4.69, 9.17) is 0 Å². The molecule has 120 valence electrons. The molecule has 1 N–H and O–H groups in total. The first-order valence-corrected chi connectivity index (χ1v) is 7.91. The molecule has 0 aromatic heterocycles. The molecule has 1 atom stereocenters. The van der Waals surface area contributed by atoms with E-state index >= 15 is 0 Å². The summed E-state index contributed by atoms with van der Waals surface area (Å²) in [6.07, 6.45) is 2.16. The lowest BCUT2D eigenvalue weighted by molar-refractivity contribution is -0.136. The van der Waals surface area contributed by atoms with Gasteiger partial charge < -0.3 is 10.0 Å². The maximum absolute atomic E-state index is 12.4. The molecule has 22 heavy (non-hydrogen) atoms. The average molecular weight is 303 g/mol. The predicted octanol–water partition coefficient (Wildman–Crippen LogP) is 2.72. The van der Waals surface area contributed by atoms with Gasteiger partial charge in [-0.3, -0.25) is 9.59 Å². The number of Topliss-reactive ketones (excluding diaryl/α,β-unsaturated/α-hetero) is 1. The molecule has 1 aromatic carbocycles. The minimum Gasteiger partial charge on any atom is -0.388 e. The number of amides is 1. The Hall–Kier alpha value is -1.68. The molecular formula is C18H25NO3. The van der Waals surface area contributed by atoms with Crippen LogP contribution in [0.3, 0.4) is 0 Å². The number of hydrogen-bond donors (Lipinski definition) is 1. The van der Waals surface area contributed by atoms with Crippen LogP contribution in [-0.4, -0.2) is 39.9 Å². The molecule has 4 heteroatoms. The fourth-order valence-electron chi connectivity index (χ4n) is 3.05. The average Bonchev–Trinajstić information content (AvgIpc) is 2.94. The number of hydrogen-bond acceptors (Lipinski definition) is 3. The van der Waals surface area contributed by atoms with Gasteiger partial charge in [-0.05, 0) is 33.6 Å². The summed E-state index contributed by atoms with van der Waals surface area (Å²) in [5.74, 6) is -0.0440. The van der Waals surface area contributed by atoms with Crippen molar-refractivity contribution in [2.24, 2.45) is 0 Å². The second-order valence-electron chi connectivity index (χ2n) is 6.69. The number of aliphatic hydroxyl groups is 1. The van der Waals surface area contributed by atoms with Crippen LogP contribution in [0.2, 0.25) is 0 Å². The Balaban J connectivity index is 1.92. The monoisotopic (exact) mass is 303 g/mol. The molecule has 1 aromatic rings. The first-order valence-electron chi connectivity index (χ1n) is 7.91. The third-order valence-electron chi connectivity index (χ3n) is 4.33. The number of carbonyl (C=O) groups excluding carboxylic acids is 2. The van der Waals surface area contributed by atoms with E-state index in [1.807, 2.05) is 19.1 Å². The number of likely N-dealkylation sites (tertiary alicyclic amines) is 1. The lowest BCUT2D eigenvalue weighted by Crippen LogP contribution is -2.48. The highest BCUT2D eigenvalue weighted by Gasteiger charge is 2.38. The van der Waals surface area contributed by atoms with Gasteiger partial charge in [-0.2, -0.15) is 0 Å². The zero-order valence-electron chi connectivity index (χ0n) is 13.6. The van der Waals surface area contributed by atoms with E-state index in [0.717, 1.165) is 18.4 Å². The summed E-state index contributed by atoms with van der Waals surface area (Å²) in [6, 6.07) is 7.27. The van der Waals surface area contributed by atoms with Crippen molar-refractivity contribution in [1.29, 1.82) is 0 Å². The fourth-order valence-corrected chi connectivity index (χ4v) is 3.05. The van der Waals surface area contributed by atoms with Crippen LogP contribution >= 0.6 is 0 Å². The van der Waals surface area contributed by atoms with Gasteiger partial charge in [0, 0.05) is 24.9 Å². The van der Waals surface area contributed by atoms with Gasteiger partial charge in [0.05, 0.1) is 11.6 Å².